The predicted octanol–water partition coefficient (Wildman–Crippen LogP) is 5.44. The number of likely N-dealkylation sites (tertiary alicyclic amines) is 1. The van der Waals surface area contributed by atoms with Crippen molar-refractivity contribution in [2.75, 3.05) is 49.5 Å². The Morgan fingerprint density at radius 1 is 1.00 bits per heavy atom. The first-order valence-electron chi connectivity index (χ1n) is 18.4. The Kier molecular flexibility index (Phi) is 9.37. The molecule has 0 bridgehead atoms. The zero-order valence-electron chi connectivity index (χ0n) is 31.0. The lowest BCUT2D eigenvalue weighted by atomic mass is 9.60. The van der Waals surface area contributed by atoms with E-state index < -0.39 is 11.2 Å². The predicted molar refractivity (Wildman–Crippen MR) is 202 cm³/mol. The molecule has 3 fully saturated rings. The van der Waals surface area contributed by atoms with Gasteiger partial charge in [0.05, 0.1) is 12.2 Å². The summed E-state index contributed by atoms with van der Waals surface area (Å²) in [5.74, 6) is 0.811. The van der Waals surface area contributed by atoms with Gasteiger partial charge in [-0.3, -0.25) is 9.69 Å². The maximum atomic E-state index is 13.4. The summed E-state index contributed by atoms with van der Waals surface area (Å²) >= 11 is 0. The number of pyridine rings is 1. The number of aliphatic hydroxyl groups is 1. The first-order chi connectivity index (χ1) is 24.7. The number of fused-ring (bicyclic) bond motifs is 1. The van der Waals surface area contributed by atoms with Crippen LogP contribution in [0, 0.1) is 5.41 Å². The van der Waals surface area contributed by atoms with Crippen LogP contribution in [0.15, 0.2) is 66.1 Å². The lowest BCUT2D eigenvalue weighted by molar-refractivity contribution is -0.0489. The van der Waals surface area contributed by atoms with Gasteiger partial charge < -0.3 is 25.0 Å². The molecule has 13 heteroatoms. The van der Waals surface area contributed by atoms with Crippen LogP contribution in [-0.2, 0) is 16.9 Å². The number of hydrogen-bond acceptors (Lipinski definition) is 10. The Morgan fingerprint density at radius 3 is 2.33 bits per heavy atom. The normalized spacial score (nSPS) is 18.4. The van der Waals surface area contributed by atoms with Gasteiger partial charge >= 0.3 is 6.09 Å². The van der Waals surface area contributed by atoms with Gasteiger partial charge in [-0.25, -0.2) is 24.1 Å². The van der Waals surface area contributed by atoms with Crippen LogP contribution < -0.4 is 15.8 Å². The first kappa shape index (κ1) is 35.6. The quantitative estimate of drug-likeness (QED) is 0.228. The zero-order chi connectivity index (χ0) is 36.8. The number of amides is 1. The second-order valence-corrected chi connectivity index (χ2v) is 16.1. The minimum atomic E-state index is -1.16. The number of carbonyl (C=O) groups excluding carboxylic acids is 1. The number of ether oxygens (including phenoxy) is 1. The number of carbonyl (C=O) groups is 1. The molecule has 1 aliphatic carbocycles. The van der Waals surface area contributed by atoms with Crippen LogP contribution >= 0.6 is 0 Å². The molecule has 52 heavy (non-hydrogen) atoms. The van der Waals surface area contributed by atoms with Crippen molar-refractivity contribution in [3.63, 3.8) is 0 Å². The minimum Gasteiger partial charge on any atom is -0.444 e. The Labute approximate surface area is 304 Å². The fourth-order valence-corrected chi connectivity index (χ4v) is 7.82. The van der Waals surface area contributed by atoms with Crippen molar-refractivity contribution in [3.8, 4) is 5.82 Å². The number of anilines is 3. The van der Waals surface area contributed by atoms with Crippen LogP contribution in [0.2, 0.25) is 0 Å². The van der Waals surface area contributed by atoms with E-state index in [1.165, 1.54) is 29.4 Å². The standard InChI is InChI=1S/C39H51N9O4/c1-7-17-47-34(49)30-26-40-35(43-33(30)48(47)32-10-8-9-31(42-32)38(5,6)51)41-27-11-13-28(14-12-27)44-20-22-45(23-21-44)29-24-39(25-29)15-18-46(19-16-39)36(50)52-37(2,3)4/h7-14,26,29,51H,1,15-25H2,2-6H3,(H,40,41,43). The Morgan fingerprint density at radius 2 is 1.69 bits per heavy atom. The zero-order valence-corrected chi connectivity index (χ0v) is 31.0. The smallest absolute Gasteiger partial charge is 0.410 e. The molecule has 0 unspecified atom stereocenters. The highest BCUT2D eigenvalue weighted by Crippen LogP contribution is 2.51. The molecule has 3 aliphatic rings. The first-order valence-corrected chi connectivity index (χ1v) is 18.4. The monoisotopic (exact) mass is 709 g/mol. The third kappa shape index (κ3) is 7.29. The molecule has 13 nitrogen and oxygen atoms in total. The van der Waals surface area contributed by atoms with Crippen molar-refractivity contribution >= 4 is 34.4 Å². The van der Waals surface area contributed by atoms with Crippen LogP contribution in [0.1, 0.15) is 66.0 Å². The van der Waals surface area contributed by atoms with Gasteiger partial charge in [-0.1, -0.05) is 12.1 Å². The molecule has 4 aromatic rings. The van der Waals surface area contributed by atoms with Gasteiger partial charge in [0, 0.05) is 62.9 Å². The summed E-state index contributed by atoms with van der Waals surface area (Å²) in [5, 5.41) is 14.2. The van der Waals surface area contributed by atoms with E-state index in [4.69, 9.17) is 9.72 Å². The third-order valence-corrected chi connectivity index (χ3v) is 10.7. The molecule has 7 rings (SSSR count). The molecule has 3 aromatic heterocycles. The average Bonchev–Trinajstić information content (AvgIpc) is 3.37. The molecule has 1 amide bonds. The molecule has 276 valence electrons. The number of benzene rings is 1. The van der Waals surface area contributed by atoms with Crippen molar-refractivity contribution in [3.05, 3.63) is 77.4 Å². The van der Waals surface area contributed by atoms with Crippen LogP contribution in [0.3, 0.4) is 0 Å². The van der Waals surface area contributed by atoms with Crippen LogP contribution in [-0.4, -0.2) is 96.2 Å². The van der Waals surface area contributed by atoms with Gasteiger partial charge in [-0.05, 0) is 102 Å². The molecular weight excluding hydrogens is 658 g/mol. The van der Waals surface area contributed by atoms with Gasteiger partial charge in [0.1, 0.15) is 16.6 Å². The summed E-state index contributed by atoms with van der Waals surface area (Å²) in [6.45, 7) is 18.8. The highest BCUT2D eigenvalue weighted by Gasteiger charge is 2.48. The Balaban J connectivity index is 0.962. The summed E-state index contributed by atoms with van der Waals surface area (Å²) in [6, 6.07) is 14.3. The van der Waals surface area contributed by atoms with E-state index in [1.54, 1.807) is 42.8 Å². The van der Waals surface area contributed by atoms with E-state index in [0.717, 1.165) is 57.8 Å². The van der Waals surface area contributed by atoms with E-state index in [-0.39, 0.29) is 18.2 Å². The second-order valence-electron chi connectivity index (χ2n) is 16.1. The molecule has 2 aliphatic heterocycles. The van der Waals surface area contributed by atoms with Crippen LogP contribution in [0.4, 0.5) is 22.1 Å². The van der Waals surface area contributed by atoms with E-state index >= 15 is 0 Å². The van der Waals surface area contributed by atoms with Gasteiger partial charge in [-0.2, -0.15) is 4.98 Å². The Bertz CT molecular complexity index is 1980. The van der Waals surface area contributed by atoms with Crippen LogP contribution in [0.25, 0.3) is 16.9 Å². The molecule has 0 atom stereocenters. The molecule has 1 aromatic carbocycles. The second kappa shape index (κ2) is 13.7. The van der Waals surface area contributed by atoms with Gasteiger partial charge in [-0.15, -0.1) is 6.58 Å². The molecule has 2 saturated heterocycles. The van der Waals surface area contributed by atoms with E-state index in [0.29, 0.717) is 40.0 Å². The molecule has 1 saturated carbocycles. The largest absolute Gasteiger partial charge is 0.444 e. The van der Waals surface area contributed by atoms with Gasteiger partial charge in [0.15, 0.2) is 11.5 Å². The molecule has 0 radical (unpaired) electrons. The third-order valence-electron chi connectivity index (χ3n) is 10.7. The number of allylic oxidation sites excluding steroid dienone is 1. The van der Waals surface area contributed by atoms with Crippen molar-refractivity contribution < 1.29 is 14.6 Å². The summed E-state index contributed by atoms with van der Waals surface area (Å²) in [5.41, 5.74) is 1.40. The maximum absolute atomic E-state index is 13.4. The number of piperidine rings is 1. The number of nitrogens with one attached hydrogen (secondary N) is 1. The van der Waals surface area contributed by atoms with E-state index in [9.17, 15) is 14.7 Å². The fourth-order valence-electron chi connectivity index (χ4n) is 7.82. The lowest BCUT2D eigenvalue weighted by Gasteiger charge is -2.56. The topological polar surface area (TPSA) is 134 Å². The lowest BCUT2D eigenvalue weighted by Crippen LogP contribution is -2.59. The van der Waals surface area contributed by atoms with Crippen LogP contribution in [0.5, 0.6) is 0 Å². The number of nitrogens with zero attached hydrogens (tertiary/aromatic N) is 8. The number of hydrogen-bond donors (Lipinski definition) is 2. The van der Waals surface area contributed by atoms with Crippen molar-refractivity contribution in [1.82, 2.24) is 34.1 Å². The summed E-state index contributed by atoms with van der Waals surface area (Å²) in [7, 11) is 0. The fraction of sp³-hybridized carbons (Fsp3) is 0.513. The number of rotatable bonds is 8. The number of aromatic nitrogens is 5. The highest BCUT2D eigenvalue weighted by atomic mass is 16.6. The van der Waals surface area contributed by atoms with Crippen molar-refractivity contribution in [2.24, 2.45) is 5.41 Å². The molecule has 2 N–H and O–H groups in total. The maximum Gasteiger partial charge on any atom is 0.410 e. The van der Waals surface area contributed by atoms with E-state index in [2.05, 4.69) is 43.8 Å². The summed E-state index contributed by atoms with van der Waals surface area (Å²) in [6.07, 6.45) is 7.58. The van der Waals surface area contributed by atoms with Crippen molar-refractivity contribution in [2.45, 2.75) is 84.1 Å². The minimum absolute atomic E-state index is 0.181. The molecule has 1 spiro atoms. The highest BCUT2D eigenvalue weighted by molar-refractivity contribution is 5.77. The van der Waals surface area contributed by atoms with Crippen molar-refractivity contribution in [1.29, 1.82) is 0 Å². The average molecular weight is 710 g/mol. The molecular formula is C39H51N9O4. The summed E-state index contributed by atoms with van der Waals surface area (Å²) in [4.78, 5) is 46.7. The van der Waals surface area contributed by atoms with E-state index in [1.807, 2.05) is 37.8 Å². The molecule has 5 heterocycles. The van der Waals surface area contributed by atoms with Gasteiger partial charge in [0.2, 0.25) is 5.95 Å². The van der Waals surface area contributed by atoms with Gasteiger partial charge in [0.25, 0.3) is 5.56 Å². The Hall–Kier alpha value is -4.75. The number of piperazine rings is 1. The summed E-state index contributed by atoms with van der Waals surface area (Å²) < 4.78 is 8.76. The SMILES string of the molecule is C=CCn1c(=O)c2cnc(Nc3ccc(N4CCN(C5CC6(CCN(C(=O)OC(C)(C)C)CC6)C5)CC4)cc3)nc2n1-c1cccc(C(C)(C)O)n1.